The maximum Gasteiger partial charge on any atom is 0.252 e. The van der Waals surface area contributed by atoms with E-state index < -0.39 is 103 Å². The molecule has 0 saturated heterocycles. The van der Waals surface area contributed by atoms with E-state index in [9.17, 15) is 16.4 Å². The molecule has 0 spiro atoms. The van der Waals surface area contributed by atoms with Gasteiger partial charge in [-0.1, -0.05) is 260 Å². The highest BCUT2D eigenvalue weighted by Gasteiger charge is 2.46. The second-order valence-corrected chi connectivity index (χ2v) is 29.7. The van der Waals surface area contributed by atoms with Crippen molar-refractivity contribution in [1.29, 1.82) is 0 Å². The molecule has 0 fully saturated rings. The molecule has 6 heterocycles. The molecule has 0 unspecified atom stereocenters. The summed E-state index contributed by atoms with van der Waals surface area (Å²) >= 11 is 0. The molecule has 21 rings (SSSR count). The third-order valence-electron chi connectivity index (χ3n) is 21.6. The highest BCUT2D eigenvalue weighted by atomic mass is 16.3. The Balaban J connectivity index is 0.983. The largest absolute Gasteiger partial charge is 0.456 e. The van der Waals surface area contributed by atoms with Crippen molar-refractivity contribution >= 4 is 145 Å². The predicted octanol–water partition coefficient (Wildman–Crippen LogP) is 24.6. The fourth-order valence-corrected chi connectivity index (χ4v) is 16.7. The Labute approximate surface area is 632 Å². The molecule has 105 heavy (non-hydrogen) atoms. The standard InChI is InChI=1S/C98H72BN5O/c1-97(2,3)67-46-44-62(45-47-67)64-56-90-96-91(57-64)104(89-55-66(61-26-9-7-10-27-61)58-93-95(89)77-37-18-24-43-92(77)105-93)86-60-71(102-82-40-21-15-34-74(82)75-35-16-22-41-83(75)102)49-51-79(86)99(96)78-50-48-70(101-80-38-19-13-32-72(80)73-33-14-20-39-81(73)101)59-85(78)103(90)88-54-65(63-28-25-29-68(52-63)98(4,5)6)53-87-94(88)76-36-17-23-42-84(76)100(87)69-30-11-8-12-31-69/h7-60H,1-6H3/i13D,14D,15D,16D,19D,20D,21D,22D,32D,33D,34D,35D,38D,39D,40D,41D. The van der Waals surface area contributed by atoms with Crippen LogP contribution < -0.4 is 26.2 Å². The minimum Gasteiger partial charge on any atom is -0.456 e. The summed E-state index contributed by atoms with van der Waals surface area (Å²) in [4.78, 5) is 4.58. The number of nitrogens with zero attached hydrogens (tertiary/aromatic N) is 5. The maximum absolute atomic E-state index is 9.93. The lowest BCUT2D eigenvalue weighted by atomic mass is 9.33. The van der Waals surface area contributed by atoms with Crippen LogP contribution in [0, 0.1) is 0 Å². The maximum atomic E-state index is 9.93. The molecular weight excluding hydrogens is 1270 g/mol. The van der Waals surface area contributed by atoms with Crippen LogP contribution in [0.4, 0.5) is 34.1 Å². The molecule has 0 bridgehead atoms. The SMILES string of the molecule is [2H]c1c([2H])c([2H])c2c(c1[2H])c1c([2H])c([2H])c([2H])c([2H])c1n2-c1ccc2c(c1)N(c1cc(-c3ccccc3)cc3oc4ccccc4c13)c1cc(-c3ccc(C(C)(C)C)cc3)cc3c1B2c1ccc(-n2c4c([2H])c([2H])c([2H])c([2H])c4c4c([2H])c([2H])c([2H])c([2H])c42)cc1N3c1cc(-c2cccc(C(C)(C)C)c2)cc2c1c1ccccc1n2-c1ccccc1. The van der Waals surface area contributed by atoms with Crippen molar-refractivity contribution in [1.82, 2.24) is 13.7 Å². The molecular formula is C98H72BN5O. The van der Waals surface area contributed by atoms with Gasteiger partial charge in [0.2, 0.25) is 0 Å². The number of furan rings is 1. The summed E-state index contributed by atoms with van der Waals surface area (Å²) in [5.74, 6) is 0. The second-order valence-electron chi connectivity index (χ2n) is 29.7. The molecule has 0 atom stereocenters. The first-order valence-electron chi connectivity index (χ1n) is 43.4. The lowest BCUT2D eigenvalue weighted by Crippen LogP contribution is -2.61. The van der Waals surface area contributed by atoms with E-state index in [1.54, 1.807) is 9.13 Å². The summed E-state index contributed by atoms with van der Waals surface area (Å²) in [5, 5.41) is 2.99. The third kappa shape index (κ3) is 9.30. The summed E-state index contributed by atoms with van der Waals surface area (Å²) < 4.78 is 164. The van der Waals surface area contributed by atoms with Crippen LogP contribution in [0.1, 0.15) is 74.6 Å². The molecule has 498 valence electrons. The van der Waals surface area contributed by atoms with Crippen LogP contribution in [-0.2, 0) is 10.8 Å². The molecule has 0 amide bonds. The Morgan fingerprint density at radius 3 is 1.31 bits per heavy atom. The number of fused-ring (bicyclic) bond motifs is 16. The zero-order chi connectivity index (χ0) is 84.1. The lowest BCUT2D eigenvalue weighted by molar-refractivity contribution is 0.590. The van der Waals surface area contributed by atoms with Crippen molar-refractivity contribution in [2.24, 2.45) is 0 Å². The zero-order valence-electron chi connectivity index (χ0n) is 74.2. The van der Waals surface area contributed by atoms with Gasteiger partial charge in [0.1, 0.15) is 11.2 Å². The van der Waals surface area contributed by atoms with Gasteiger partial charge in [-0.05, 0) is 181 Å². The van der Waals surface area contributed by atoms with E-state index in [1.165, 1.54) is 0 Å². The highest BCUT2D eigenvalue weighted by Crippen LogP contribution is 2.54. The first kappa shape index (κ1) is 46.6. The normalized spacial score (nSPS) is 15.1. The molecule has 0 radical (unpaired) electrons. The van der Waals surface area contributed by atoms with Crippen molar-refractivity contribution in [2.45, 2.75) is 52.4 Å². The van der Waals surface area contributed by atoms with Crippen molar-refractivity contribution in [3.63, 3.8) is 0 Å². The summed E-state index contributed by atoms with van der Waals surface area (Å²) in [7, 11) is 0. The molecule has 4 aromatic heterocycles. The van der Waals surface area contributed by atoms with Gasteiger partial charge in [0, 0.05) is 77.5 Å². The van der Waals surface area contributed by atoms with Gasteiger partial charge >= 0.3 is 0 Å². The zero-order valence-corrected chi connectivity index (χ0v) is 58.2. The molecule has 15 aromatic carbocycles. The Morgan fingerprint density at radius 1 is 0.286 bits per heavy atom. The Hall–Kier alpha value is -12.8. The Kier molecular flexibility index (Phi) is 10.1. The number of benzene rings is 15. The number of rotatable bonds is 8. The van der Waals surface area contributed by atoms with Gasteiger partial charge in [-0.25, -0.2) is 0 Å². The highest BCUT2D eigenvalue weighted by molar-refractivity contribution is 7.00. The molecule has 0 aliphatic carbocycles. The van der Waals surface area contributed by atoms with E-state index >= 15 is 0 Å². The predicted molar refractivity (Wildman–Crippen MR) is 444 cm³/mol. The van der Waals surface area contributed by atoms with Crippen LogP contribution in [0.3, 0.4) is 0 Å². The number of aromatic nitrogens is 3. The number of para-hydroxylation sites is 7. The molecule has 2 aliphatic rings. The van der Waals surface area contributed by atoms with Gasteiger partial charge in [0.05, 0.1) is 71.8 Å². The first-order valence-corrected chi connectivity index (χ1v) is 35.4. The van der Waals surface area contributed by atoms with Crippen molar-refractivity contribution in [2.75, 3.05) is 9.80 Å². The van der Waals surface area contributed by atoms with Crippen LogP contribution >= 0.6 is 0 Å². The molecule has 0 N–H and O–H groups in total. The average molecular weight is 1360 g/mol. The number of anilines is 6. The van der Waals surface area contributed by atoms with Crippen LogP contribution in [0.25, 0.3) is 138 Å². The van der Waals surface area contributed by atoms with Crippen LogP contribution in [0.5, 0.6) is 0 Å². The fraction of sp³-hybridized carbons (Fsp3) is 0.0816. The van der Waals surface area contributed by atoms with Gasteiger partial charge in [0.15, 0.2) is 0 Å². The van der Waals surface area contributed by atoms with Crippen molar-refractivity contribution < 1.29 is 26.3 Å². The van der Waals surface area contributed by atoms with Crippen LogP contribution in [0.15, 0.2) is 332 Å². The van der Waals surface area contributed by atoms with E-state index in [-0.39, 0.29) is 54.4 Å². The molecule has 2 aliphatic heterocycles. The van der Waals surface area contributed by atoms with E-state index in [0.717, 1.165) is 99.4 Å². The lowest BCUT2D eigenvalue weighted by Gasteiger charge is -2.45. The van der Waals surface area contributed by atoms with Crippen LogP contribution in [0.2, 0.25) is 0 Å². The van der Waals surface area contributed by atoms with E-state index in [1.807, 2.05) is 109 Å². The summed E-state index contributed by atoms with van der Waals surface area (Å²) in [6.45, 7) is 12.3. The van der Waals surface area contributed by atoms with Gasteiger partial charge in [-0.2, -0.15) is 0 Å². The topological polar surface area (TPSA) is 34.4 Å². The minimum atomic E-state index is -0.801. The third-order valence-corrected chi connectivity index (χ3v) is 21.6. The Morgan fingerprint density at radius 2 is 0.743 bits per heavy atom. The summed E-state index contributed by atoms with van der Waals surface area (Å²) in [6.07, 6.45) is 0. The molecule has 19 aromatic rings. The second kappa shape index (κ2) is 22.8. The van der Waals surface area contributed by atoms with Crippen molar-refractivity contribution in [3.8, 4) is 50.4 Å². The molecule has 7 heteroatoms. The smallest absolute Gasteiger partial charge is 0.252 e. The van der Waals surface area contributed by atoms with Crippen molar-refractivity contribution in [3.05, 3.63) is 338 Å². The van der Waals surface area contributed by atoms with Gasteiger partial charge in [0.25, 0.3) is 6.71 Å². The first-order chi connectivity index (χ1) is 58.0. The summed E-state index contributed by atoms with van der Waals surface area (Å²) in [6, 6.07) is 70.5. The fourth-order valence-electron chi connectivity index (χ4n) is 16.7. The van der Waals surface area contributed by atoms with E-state index in [0.29, 0.717) is 56.4 Å². The van der Waals surface area contributed by atoms with Gasteiger partial charge in [-0.15, -0.1) is 0 Å². The monoisotopic (exact) mass is 1360 g/mol. The van der Waals surface area contributed by atoms with Gasteiger partial charge < -0.3 is 27.9 Å². The van der Waals surface area contributed by atoms with E-state index in [2.05, 4.69) is 177 Å². The Bertz CT molecular complexity index is 7680. The molecule has 6 nitrogen and oxygen atoms in total. The average Bonchev–Trinajstić information content (AvgIpc) is 1.68. The number of hydrogen-bond acceptors (Lipinski definition) is 3. The van der Waals surface area contributed by atoms with Crippen LogP contribution in [-0.4, -0.2) is 20.4 Å². The van der Waals surface area contributed by atoms with E-state index in [4.69, 9.17) is 9.90 Å². The van der Waals surface area contributed by atoms with Gasteiger partial charge in [-0.3, -0.25) is 0 Å². The minimum absolute atomic E-state index is 0.0604. The molecule has 0 saturated carbocycles. The number of hydrogen-bond donors (Lipinski definition) is 0. The summed E-state index contributed by atoms with van der Waals surface area (Å²) in [5.41, 5.74) is 17.2. The quantitative estimate of drug-likeness (QED) is 0.142.